The van der Waals surface area contributed by atoms with Gasteiger partial charge in [-0.25, -0.2) is 0 Å². The van der Waals surface area contributed by atoms with Crippen LogP contribution in [0.15, 0.2) is 60.7 Å². The van der Waals surface area contributed by atoms with Crippen LogP contribution in [0.2, 0.25) is 0 Å². The Morgan fingerprint density at radius 3 is 2.25 bits per heavy atom. The fraction of sp³-hybridized carbons (Fsp3) is 0.348. The summed E-state index contributed by atoms with van der Waals surface area (Å²) in [6.45, 7) is 3.85. The highest BCUT2D eigenvalue weighted by atomic mass is 16.2. The number of piperazine rings is 1. The average Bonchev–Trinajstić information content (AvgIpc) is 3.47. The van der Waals surface area contributed by atoms with Gasteiger partial charge >= 0.3 is 0 Å². The summed E-state index contributed by atoms with van der Waals surface area (Å²) in [6.07, 6.45) is 0.278. The zero-order valence-electron chi connectivity index (χ0n) is 17.7. The molecule has 32 heavy (non-hydrogen) atoms. The summed E-state index contributed by atoms with van der Waals surface area (Å²) >= 11 is 0. The number of rotatable bonds is 5. The van der Waals surface area contributed by atoms with E-state index in [-0.39, 0.29) is 24.2 Å². The molecule has 0 radical (unpaired) electrons. The van der Waals surface area contributed by atoms with Crippen molar-refractivity contribution in [2.75, 3.05) is 37.6 Å². The normalized spacial score (nSPS) is 19.5. The maximum Gasteiger partial charge on any atom is 0.228 e. The van der Waals surface area contributed by atoms with E-state index < -0.39 is 0 Å². The van der Waals surface area contributed by atoms with E-state index in [0.29, 0.717) is 26.2 Å². The number of para-hydroxylation sites is 2. The van der Waals surface area contributed by atoms with E-state index in [4.69, 9.17) is 0 Å². The summed E-state index contributed by atoms with van der Waals surface area (Å²) in [7, 11) is 0. The minimum atomic E-state index is -0.278. The lowest BCUT2D eigenvalue weighted by molar-refractivity contribution is -0.137. The maximum absolute atomic E-state index is 13.1. The average molecular weight is 432 g/mol. The summed E-state index contributed by atoms with van der Waals surface area (Å²) in [5.41, 5.74) is 1.78. The van der Waals surface area contributed by atoms with Crippen LogP contribution in [-0.2, 0) is 16.1 Å². The van der Waals surface area contributed by atoms with Crippen molar-refractivity contribution >= 4 is 17.5 Å². The molecule has 1 unspecified atom stereocenters. The predicted octanol–water partition coefficient (Wildman–Crippen LogP) is 1.36. The van der Waals surface area contributed by atoms with Gasteiger partial charge in [0.15, 0.2) is 5.82 Å². The molecule has 0 aliphatic carbocycles. The van der Waals surface area contributed by atoms with Gasteiger partial charge in [-0.3, -0.25) is 14.5 Å². The van der Waals surface area contributed by atoms with Gasteiger partial charge in [-0.15, -0.1) is 5.10 Å². The number of benzene rings is 2. The fourth-order valence-corrected chi connectivity index (χ4v) is 4.39. The van der Waals surface area contributed by atoms with Gasteiger partial charge in [-0.1, -0.05) is 36.4 Å². The van der Waals surface area contributed by atoms with Crippen molar-refractivity contribution in [3.8, 4) is 5.69 Å². The Hall–Kier alpha value is -3.59. The molecule has 1 atom stereocenters. The number of anilines is 1. The second kappa shape index (κ2) is 8.88. The predicted molar refractivity (Wildman–Crippen MR) is 118 cm³/mol. The molecule has 2 fully saturated rings. The minimum Gasteiger partial charge on any atom is -0.340 e. The van der Waals surface area contributed by atoms with Gasteiger partial charge in [0.1, 0.15) is 0 Å². The topological polar surface area (TPSA) is 87.5 Å². The highest BCUT2D eigenvalue weighted by Gasteiger charge is 2.38. The number of hydrogen-bond donors (Lipinski definition) is 0. The highest BCUT2D eigenvalue weighted by Crippen LogP contribution is 2.26. The van der Waals surface area contributed by atoms with Crippen molar-refractivity contribution < 1.29 is 9.59 Å². The van der Waals surface area contributed by atoms with Gasteiger partial charge in [-0.2, -0.15) is 4.68 Å². The SMILES string of the molecule is O=C(C1CC(=O)N(c2ccccc2)C1)N1CCN(Cc2nnnn2-c2ccccc2)CC1. The third-order valence-electron chi connectivity index (χ3n) is 6.13. The minimum absolute atomic E-state index is 0.0148. The van der Waals surface area contributed by atoms with E-state index in [2.05, 4.69) is 20.4 Å². The summed E-state index contributed by atoms with van der Waals surface area (Å²) in [5.74, 6) is 0.585. The summed E-state index contributed by atoms with van der Waals surface area (Å²) in [5, 5.41) is 12.1. The molecule has 5 rings (SSSR count). The number of hydrogen-bond acceptors (Lipinski definition) is 6. The third kappa shape index (κ3) is 4.11. The van der Waals surface area contributed by atoms with Gasteiger partial charge in [0.05, 0.1) is 18.2 Å². The molecule has 9 nitrogen and oxygen atoms in total. The molecule has 0 spiro atoms. The highest BCUT2D eigenvalue weighted by molar-refractivity contribution is 6.00. The maximum atomic E-state index is 13.1. The van der Waals surface area contributed by atoms with Crippen LogP contribution in [-0.4, -0.2) is 74.5 Å². The molecule has 1 aromatic heterocycles. The lowest BCUT2D eigenvalue weighted by Crippen LogP contribution is -2.50. The van der Waals surface area contributed by atoms with Gasteiger partial charge < -0.3 is 9.80 Å². The van der Waals surface area contributed by atoms with Crippen molar-refractivity contribution in [3.63, 3.8) is 0 Å². The molecule has 2 saturated heterocycles. The third-order valence-corrected chi connectivity index (χ3v) is 6.13. The van der Waals surface area contributed by atoms with Crippen LogP contribution in [0.25, 0.3) is 5.69 Å². The summed E-state index contributed by atoms with van der Waals surface area (Å²) in [6, 6.07) is 19.4. The number of nitrogens with zero attached hydrogens (tertiary/aromatic N) is 7. The van der Waals surface area contributed by atoms with Crippen molar-refractivity contribution in [1.82, 2.24) is 30.0 Å². The molecule has 0 bridgehead atoms. The second-order valence-electron chi connectivity index (χ2n) is 8.18. The van der Waals surface area contributed by atoms with E-state index in [1.807, 2.05) is 65.6 Å². The monoisotopic (exact) mass is 431 g/mol. The number of aromatic nitrogens is 4. The van der Waals surface area contributed by atoms with Crippen LogP contribution < -0.4 is 4.90 Å². The first kappa shape index (κ1) is 20.3. The van der Waals surface area contributed by atoms with E-state index in [1.165, 1.54) is 0 Å². The van der Waals surface area contributed by atoms with Crippen LogP contribution in [0.5, 0.6) is 0 Å². The zero-order valence-corrected chi connectivity index (χ0v) is 17.7. The van der Waals surface area contributed by atoms with Crippen molar-refractivity contribution in [2.45, 2.75) is 13.0 Å². The van der Waals surface area contributed by atoms with Crippen LogP contribution in [0.4, 0.5) is 5.69 Å². The lowest BCUT2D eigenvalue weighted by Gasteiger charge is -2.35. The van der Waals surface area contributed by atoms with Gasteiger partial charge in [0.2, 0.25) is 11.8 Å². The van der Waals surface area contributed by atoms with Gasteiger partial charge in [0, 0.05) is 44.8 Å². The first-order valence-corrected chi connectivity index (χ1v) is 10.9. The fourth-order valence-electron chi connectivity index (χ4n) is 4.39. The molecule has 2 amide bonds. The Bertz CT molecular complexity index is 1080. The first-order chi connectivity index (χ1) is 15.7. The molecule has 9 heteroatoms. The summed E-state index contributed by atoms with van der Waals surface area (Å²) in [4.78, 5) is 31.4. The Balaban J connectivity index is 1.17. The van der Waals surface area contributed by atoms with E-state index in [9.17, 15) is 9.59 Å². The molecule has 3 heterocycles. The quantitative estimate of drug-likeness (QED) is 0.606. The van der Waals surface area contributed by atoms with Crippen LogP contribution >= 0.6 is 0 Å². The molecule has 2 aromatic carbocycles. The smallest absolute Gasteiger partial charge is 0.228 e. The number of carbonyl (C=O) groups excluding carboxylic acids is 2. The van der Waals surface area contributed by atoms with Crippen molar-refractivity contribution in [3.05, 3.63) is 66.5 Å². The second-order valence-corrected chi connectivity index (χ2v) is 8.18. The summed E-state index contributed by atoms with van der Waals surface area (Å²) < 4.78 is 1.75. The molecular formula is C23H25N7O2. The molecule has 3 aromatic rings. The number of amides is 2. The van der Waals surface area contributed by atoms with Crippen molar-refractivity contribution in [1.29, 1.82) is 0 Å². The van der Waals surface area contributed by atoms with Crippen LogP contribution in [0.3, 0.4) is 0 Å². The Kier molecular flexibility index (Phi) is 5.64. The van der Waals surface area contributed by atoms with Crippen LogP contribution in [0, 0.1) is 5.92 Å². The molecule has 2 aliphatic rings. The first-order valence-electron chi connectivity index (χ1n) is 10.9. The number of carbonyl (C=O) groups is 2. The zero-order chi connectivity index (χ0) is 21.9. The molecule has 2 aliphatic heterocycles. The van der Waals surface area contributed by atoms with E-state index >= 15 is 0 Å². The largest absolute Gasteiger partial charge is 0.340 e. The van der Waals surface area contributed by atoms with Gasteiger partial charge in [-0.05, 0) is 34.7 Å². The van der Waals surface area contributed by atoms with E-state index in [1.54, 1.807) is 9.58 Å². The number of tetrazole rings is 1. The van der Waals surface area contributed by atoms with Crippen LogP contribution in [0.1, 0.15) is 12.2 Å². The Morgan fingerprint density at radius 2 is 1.56 bits per heavy atom. The van der Waals surface area contributed by atoms with Crippen molar-refractivity contribution in [2.24, 2.45) is 5.92 Å². The molecule has 164 valence electrons. The van der Waals surface area contributed by atoms with Gasteiger partial charge in [0.25, 0.3) is 0 Å². The standard InChI is InChI=1S/C23H25N7O2/c31-22-15-18(16-29(22)19-7-3-1-4-8-19)23(32)28-13-11-27(12-14-28)17-21-24-25-26-30(21)20-9-5-2-6-10-20/h1-10,18H,11-17H2. The molecule has 0 saturated carbocycles. The molecular weight excluding hydrogens is 406 g/mol. The Labute approximate surface area is 186 Å². The van der Waals surface area contributed by atoms with E-state index in [0.717, 1.165) is 30.3 Å². The lowest BCUT2D eigenvalue weighted by atomic mass is 10.1. The molecule has 0 N–H and O–H groups in total. The Morgan fingerprint density at radius 1 is 0.906 bits per heavy atom.